The minimum absolute atomic E-state index is 0.0998. The number of ether oxygens (including phenoxy) is 2. The number of carbonyl (C=O) groups excluding carboxylic acids is 1. The lowest BCUT2D eigenvalue weighted by Crippen LogP contribution is -2.49. The van der Waals surface area contributed by atoms with Gasteiger partial charge in [0.1, 0.15) is 5.82 Å². The minimum Gasteiger partial charge on any atom is -0.463 e. The second kappa shape index (κ2) is 10.1. The Balaban J connectivity index is 1.35. The van der Waals surface area contributed by atoms with Crippen LogP contribution in [0.2, 0.25) is 0 Å². The van der Waals surface area contributed by atoms with Gasteiger partial charge < -0.3 is 25.0 Å². The number of aryl methyl sites for hydroxylation is 1. The van der Waals surface area contributed by atoms with Gasteiger partial charge in [-0.2, -0.15) is 10.1 Å². The van der Waals surface area contributed by atoms with Crippen LogP contribution in [0.15, 0.2) is 30.6 Å². The topological polar surface area (TPSA) is 119 Å². The van der Waals surface area contributed by atoms with Crippen molar-refractivity contribution in [2.24, 2.45) is 5.92 Å². The van der Waals surface area contributed by atoms with E-state index in [4.69, 9.17) is 9.47 Å². The van der Waals surface area contributed by atoms with Crippen molar-refractivity contribution in [1.29, 1.82) is 0 Å². The largest absolute Gasteiger partial charge is 0.463 e. The third-order valence-corrected chi connectivity index (χ3v) is 6.88. The van der Waals surface area contributed by atoms with E-state index in [1.807, 2.05) is 6.07 Å². The van der Waals surface area contributed by atoms with Crippen LogP contribution in [0.3, 0.4) is 0 Å². The van der Waals surface area contributed by atoms with E-state index in [2.05, 4.69) is 42.5 Å². The third kappa shape index (κ3) is 4.84. The van der Waals surface area contributed by atoms with Crippen molar-refractivity contribution in [1.82, 2.24) is 29.9 Å². The van der Waals surface area contributed by atoms with E-state index in [0.29, 0.717) is 36.2 Å². The molecule has 5 heterocycles. The van der Waals surface area contributed by atoms with Crippen LogP contribution in [0.4, 0.5) is 15.8 Å². The Morgan fingerprint density at radius 2 is 2.24 bits per heavy atom. The van der Waals surface area contributed by atoms with Gasteiger partial charge in [-0.15, -0.1) is 0 Å². The minimum atomic E-state index is -0.578. The average molecular weight is 521 g/mol. The average Bonchev–Trinajstić information content (AvgIpc) is 3.56. The van der Waals surface area contributed by atoms with Crippen LogP contribution in [-0.2, 0) is 4.74 Å². The molecule has 2 N–H and O–H groups in total. The monoisotopic (exact) mass is 520 g/mol. The summed E-state index contributed by atoms with van der Waals surface area (Å²) < 4.78 is 27.2. The van der Waals surface area contributed by atoms with E-state index in [-0.39, 0.29) is 23.3 Å². The Morgan fingerprint density at radius 3 is 3.05 bits per heavy atom. The summed E-state index contributed by atoms with van der Waals surface area (Å²) in [6.45, 7) is 8.13. The van der Waals surface area contributed by atoms with Gasteiger partial charge in [-0.25, -0.2) is 18.9 Å². The van der Waals surface area contributed by atoms with Gasteiger partial charge in [0.05, 0.1) is 36.2 Å². The Labute approximate surface area is 218 Å². The Kier molecular flexibility index (Phi) is 6.50. The maximum atomic E-state index is 14.6. The molecule has 2 atom stereocenters. The van der Waals surface area contributed by atoms with Crippen molar-refractivity contribution in [2.75, 3.05) is 49.7 Å². The summed E-state index contributed by atoms with van der Waals surface area (Å²) in [5.41, 5.74) is 2.11. The van der Waals surface area contributed by atoms with Crippen LogP contribution in [0.1, 0.15) is 29.5 Å². The van der Waals surface area contributed by atoms with E-state index in [1.54, 1.807) is 19.2 Å². The molecule has 0 radical (unpaired) electrons. The maximum absolute atomic E-state index is 14.6. The highest BCUT2D eigenvalue weighted by molar-refractivity contribution is 6.13. The molecule has 2 fully saturated rings. The predicted molar refractivity (Wildman–Crippen MR) is 139 cm³/mol. The van der Waals surface area contributed by atoms with E-state index >= 15 is 0 Å². The fraction of sp³-hybridized carbons (Fsp3) is 0.423. The number of nitrogens with one attached hydrogen (secondary N) is 2. The predicted octanol–water partition coefficient (Wildman–Crippen LogP) is 2.59. The Bertz CT molecular complexity index is 1500. The molecule has 1 amide bonds. The van der Waals surface area contributed by atoms with Crippen LogP contribution in [0, 0.1) is 18.7 Å². The van der Waals surface area contributed by atoms with Crippen molar-refractivity contribution in [2.45, 2.75) is 26.3 Å². The van der Waals surface area contributed by atoms with E-state index < -0.39 is 11.7 Å². The van der Waals surface area contributed by atoms with Crippen LogP contribution < -0.4 is 20.3 Å². The molecule has 0 spiro atoms. The molecule has 38 heavy (non-hydrogen) atoms. The van der Waals surface area contributed by atoms with Crippen molar-refractivity contribution in [3.8, 4) is 6.01 Å². The number of carbonyl (C=O) groups is 1. The molecule has 2 saturated heterocycles. The van der Waals surface area contributed by atoms with Crippen LogP contribution >= 0.6 is 0 Å². The fourth-order valence-corrected chi connectivity index (χ4v) is 5.00. The molecular formula is C26H29FN8O3. The van der Waals surface area contributed by atoms with Gasteiger partial charge in [-0.3, -0.25) is 4.79 Å². The van der Waals surface area contributed by atoms with Gasteiger partial charge in [-0.05, 0) is 32.4 Å². The van der Waals surface area contributed by atoms with Crippen molar-refractivity contribution >= 4 is 33.8 Å². The first-order valence-corrected chi connectivity index (χ1v) is 12.8. The first-order chi connectivity index (χ1) is 18.4. The van der Waals surface area contributed by atoms with Gasteiger partial charge >= 0.3 is 6.01 Å². The number of hydrogen-bond donors (Lipinski definition) is 2. The second-order valence-corrected chi connectivity index (χ2v) is 9.85. The van der Waals surface area contributed by atoms with Gasteiger partial charge in [-0.1, -0.05) is 0 Å². The molecule has 11 nitrogen and oxygen atoms in total. The summed E-state index contributed by atoms with van der Waals surface area (Å²) in [6, 6.07) is 5.42. The number of halogens is 1. The van der Waals surface area contributed by atoms with Gasteiger partial charge in [0.2, 0.25) is 0 Å². The molecular weight excluding hydrogens is 491 g/mol. The molecule has 2 aliphatic rings. The summed E-state index contributed by atoms with van der Waals surface area (Å²) in [6.07, 6.45) is 4.17. The number of benzene rings is 1. The normalized spacial score (nSPS) is 19.8. The molecule has 3 aromatic heterocycles. The van der Waals surface area contributed by atoms with Crippen molar-refractivity contribution < 1.29 is 18.7 Å². The number of piperazine rings is 1. The van der Waals surface area contributed by atoms with Gasteiger partial charge in [0.25, 0.3) is 5.91 Å². The van der Waals surface area contributed by atoms with E-state index in [0.717, 1.165) is 43.7 Å². The molecule has 198 valence electrons. The zero-order valence-corrected chi connectivity index (χ0v) is 21.3. The summed E-state index contributed by atoms with van der Waals surface area (Å²) in [5, 5.41) is 11.1. The van der Waals surface area contributed by atoms with Crippen LogP contribution in [0.5, 0.6) is 6.01 Å². The number of hydrogen-bond acceptors (Lipinski definition) is 9. The number of pyridine rings is 1. The second-order valence-electron chi connectivity index (χ2n) is 9.85. The highest BCUT2D eigenvalue weighted by Crippen LogP contribution is 2.31. The van der Waals surface area contributed by atoms with Gasteiger partial charge in [0.15, 0.2) is 11.5 Å². The first-order valence-electron chi connectivity index (χ1n) is 12.8. The lowest BCUT2D eigenvalue weighted by molar-refractivity contribution is 0.102. The number of nitrogens with zero attached hydrogens (tertiary/aromatic N) is 6. The number of rotatable bonds is 6. The number of amides is 1. The highest BCUT2D eigenvalue weighted by Gasteiger charge is 2.23. The third-order valence-electron chi connectivity index (χ3n) is 6.88. The smallest absolute Gasteiger partial charge is 0.316 e. The standard InChI is InChI=1S/C26H29FN8O3/c1-15-11-34(7-6-28-15)22-4-3-19(23-20(22)10-29-26(32-23)38-14-17-5-8-37-13-17)25(36)31-18-9-21(27)24-30-16(2)33-35(24)12-18/h3-4,9-10,12,15,17,28H,5-8,11,13-14H2,1-2H3,(H,31,36). The van der Waals surface area contributed by atoms with Crippen molar-refractivity contribution in [3.63, 3.8) is 0 Å². The van der Waals surface area contributed by atoms with Crippen LogP contribution in [-0.4, -0.2) is 76.0 Å². The van der Waals surface area contributed by atoms with Crippen LogP contribution in [0.25, 0.3) is 16.6 Å². The molecule has 0 aliphatic carbocycles. The SMILES string of the molecule is Cc1nc2c(F)cc(NC(=O)c3ccc(N4CCNC(C)C4)c4cnc(OCC5CCOC5)nc34)cn2n1. The number of aromatic nitrogens is 5. The molecule has 0 saturated carbocycles. The zero-order valence-electron chi connectivity index (χ0n) is 21.3. The maximum Gasteiger partial charge on any atom is 0.316 e. The highest BCUT2D eigenvalue weighted by atomic mass is 19.1. The van der Waals surface area contributed by atoms with Gasteiger partial charge in [0, 0.05) is 61.5 Å². The summed E-state index contributed by atoms with van der Waals surface area (Å²) in [4.78, 5) is 28.9. The summed E-state index contributed by atoms with van der Waals surface area (Å²) >= 11 is 0. The summed E-state index contributed by atoms with van der Waals surface area (Å²) in [7, 11) is 0. The Hall–Kier alpha value is -3.90. The zero-order chi connectivity index (χ0) is 26.2. The number of anilines is 2. The first kappa shape index (κ1) is 24.4. The molecule has 1 aromatic carbocycles. The lowest BCUT2D eigenvalue weighted by atomic mass is 10.1. The molecule has 2 unspecified atom stereocenters. The van der Waals surface area contributed by atoms with Crippen molar-refractivity contribution in [3.05, 3.63) is 47.8 Å². The molecule has 6 rings (SSSR count). The summed E-state index contributed by atoms with van der Waals surface area (Å²) in [5.74, 6) is -0.287. The lowest BCUT2D eigenvalue weighted by Gasteiger charge is -2.34. The van der Waals surface area contributed by atoms with E-state index in [1.165, 1.54) is 16.8 Å². The molecule has 0 bridgehead atoms. The molecule has 4 aromatic rings. The molecule has 12 heteroatoms. The fourth-order valence-electron chi connectivity index (χ4n) is 5.00. The quantitative estimate of drug-likeness (QED) is 0.395. The van der Waals surface area contributed by atoms with E-state index in [9.17, 15) is 9.18 Å². The Morgan fingerprint density at radius 1 is 1.34 bits per heavy atom. The number of fused-ring (bicyclic) bond motifs is 2. The molecule has 2 aliphatic heterocycles.